The van der Waals surface area contributed by atoms with Crippen LogP contribution in [0.3, 0.4) is 0 Å². The van der Waals surface area contributed by atoms with E-state index in [-0.39, 0.29) is 5.91 Å². The van der Waals surface area contributed by atoms with Crippen molar-refractivity contribution in [1.29, 1.82) is 5.26 Å². The summed E-state index contributed by atoms with van der Waals surface area (Å²) < 4.78 is 5.35. The Bertz CT molecular complexity index is 528. The molecule has 4 nitrogen and oxygen atoms in total. The van der Waals surface area contributed by atoms with Crippen LogP contribution in [0.1, 0.15) is 37.8 Å². The van der Waals surface area contributed by atoms with E-state index in [2.05, 4.69) is 6.07 Å². The molecule has 0 bridgehead atoms. The molecule has 0 spiro atoms. The number of nitrogens with zero attached hydrogens (tertiary/aromatic N) is 2. The molecular weight excluding hydrogens is 276 g/mol. The fourth-order valence-electron chi connectivity index (χ4n) is 2.57. The molecule has 0 aromatic heterocycles. The van der Waals surface area contributed by atoms with Crippen LogP contribution < -0.4 is 4.74 Å². The first-order valence-corrected chi connectivity index (χ1v) is 7.89. The lowest BCUT2D eigenvalue weighted by Crippen LogP contribution is -2.37. The summed E-state index contributed by atoms with van der Waals surface area (Å²) in [4.78, 5) is 14.4. The molecule has 0 saturated heterocycles. The van der Waals surface area contributed by atoms with Crippen molar-refractivity contribution in [3.63, 3.8) is 0 Å². The van der Waals surface area contributed by atoms with Gasteiger partial charge in [-0.3, -0.25) is 4.79 Å². The first kappa shape index (κ1) is 18.0. The Kier molecular flexibility index (Phi) is 7.45. The standard InChI is InChI=1S/C18H26N2O2/c1-5-9-20(10-6-2)18(21)16(13-19)12-15-11-14(3)7-8-17(15)22-4/h7-8,11,16H,5-6,9-10,12H2,1-4H3. The molecule has 0 N–H and O–H groups in total. The van der Waals surface area contributed by atoms with E-state index in [9.17, 15) is 10.1 Å². The highest BCUT2D eigenvalue weighted by molar-refractivity contribution is 5.81. The second-order valence-corrected chi connectivity index (χ2v) is 5.53. The molecule has 1 unspecified atom stereocenters. The molecule has 0 aliphatic heterocycles. The number of amides is 1. The van der Waals surface area contributed by atoms with E-state index in [1.165, 1.54) is 0 Å². The van der Waals surface area contributed by atoms with Crippen molar-refractivity contribution in [2.24, 2.45) is 5.92 Å². The third-order valence-corrected chi connectivity index (χ3v) is 3.61. The van der Waals surface area contributed by atoms with Crippen molar-refractivity contribution in [1.82, 2.24) is 4.90 Å². The highest BCUT2D eigenvalue weighted by atomic mass is 16.5. The van der Waals surface area contributed by atoms with Gasteiger partial charge in [-0.15, -0.1) is 0 Å². The Balaban J connectivity index is 2.95. The van der Waals surface area contributed by atoms with Gasteiger partial charge in [0.15, 0.2) is 0 Å². The lowest BCUT2D eigenvalue weighted by Gasteiger charge is -2.24. The minimum absolute atomic E-state index is 0.0743. The molecule has 1 aromatic rings. The molecule has 120 valence electrons. The van der Waals surface area contributed by atoms with Crippen LogP contribution in [-0.2, 0) is 11.2 Å². The van der Waals surface area contributed by atoms with Crippen molar-refractivity contribution < 1.29 is 9.53 Å². The fourth-order valence-corrected chi connectivity index (χ4v) is 2.57. The third-order valence-electron chi connectivity index (χ3n) is 3.61. The van der Waals surface area contributed by atoms with Crippen molar-refractivity contribution in [3.8, 4) is 11.8 Å². The first-order valence-electron chi connectivity index (χ1n) is 7.89. The number of hydrogen-bond donors (Lipinski definition) is 0. The first-order chi connectivity index (χ1) is 10.6. The zero-order valence-electron chi connectivity index (χ0n) is 14.1. The minimum Gasteiger partial charge on any atom is -0.496 e. The van der Waals surface area contributed by atoms with Crippen LogP contribution >= 0.6 is 0 Å². The van der Waals surface area contributed by atoms with Crippen LogP contribution in [0.5, 0.6) is 5.75 Å². The maximum Gasteiger partial charge on any atom is 0.240 e. The number of nitriles is 1. The number of carbonyl (C=O) groups is 1. The van der Waals surface area contributed by atoms with E-state index >= 15 is 0 Å². The number of hydrogen-bond acceptors (Lipinski definition) is 3. The highest BCUT2D eigenvalue weighted by Gasteiger charge is 2.24. The predicted molar refractivity (Wildman–Crippen MR) is 87.7 cm³/mol. The smallest absolute Gasteiger partial charge is 0.240 e. The molecule has 0 saturated carbocycles. The highest BCUT2D eigenvalue weighted by Crippen LogP contribution is 2.23. The monoisotopic (exact) mass is 302 g/mol. The van der Waals surface area contributed by atoms with Gasteiger partial charge < -0.3 is 9.64 Å². The predicted octanol–water partition coefficient (Wildman–Crippen LogP) is 3.33. The summed E-state index contributed by atoms with van der Waals surface area (Å²) >= 11 is 0. The quantitative estimate of drug-likeness (QED) is 0.740. The van der Waals surface area contributed by atoms with E-state index in [4.69, 9.17) is 4.74 Å². The van der Waals surface area contributed by atoms with Gasteiger partial charge in [-0.25, -0.2) is 0 Å². The molecular formula is C18H26N2O2. The molecule has 22 heavy (non-hydrogen) atoms. The molecule has 0 radical (unpaired) electrons. The Morgan fingerprint density at radius 3 is 2.45 bits per heavy atom. The largest absolute Gasteiger partial charge is 0.496 e. The van der Waals surface area contributed by atoms with Crippen molar-refractivity contribution >= 4 is 5.91 Å². The van der Waals surface area contributed by atoms with Crippen LogP contribution in [0.25, 0.3) is 0 Å². The summed E-state index contributed by atoms with van der Waals surface area (Å²) in [5.41, 5.74) is 2.01. The topological polar surface area (TPSA) is 53.3 Å². The molecule has 1 rings (SSSR count). The number of aryl methyl sites for hydroxylation is 1. The molecule has 0 aliphatic carbocycles. The molecule has 0 aliphatic rings. The maximum atomic E-state index is 12.6. The number of rotatable bonds is 8. The second kappa shape index (κ2) is 9.09. The molecule has 0 fully saturated rings. The summed E-state index contributed by atoms with van der Waals surface area (Å²) in [6.45, 7) is 7.49. The van der Waals surface area contributed by atoms with Crippen LogP contribution in [0.4, 0.5) is 0 Å². The van der Waals surface area contributed by atoms with Gasteiger partial charge >= 0.3 is 0 Å². The van der Waals surface area contributed by atoms with Crippen LogP contribution in [0.15, 0.2) is 18.2 Å². The Morgan fingerprint density at radius 2 is 1.95 bits per heavy atom. The lowest BCUT2D eigenvalue weighted by atomic mass is 9.97. The van der Waals surface area contributed by atoms with Crippen molar-refractivity contribution in [3.05, 3.63) is 29.3 Å². The fraction of sp³-hybridized carbons (Fsp3) is 0.556. The van der Waals surface area contributed by atoms with Gasteiger partial charge in [0.2, 0.25) is 5.91 Å². The Hall–Kier alpha value is -2.02. The van der Waals surface area contributed by atoms with E-state index in [1.54, 1.807) is 12.0 Å². The van der Waals surface area contributed by atoms with E-state index in [1.807, 2.05) is 39.0 Å². The van der Waals surface area contributed by atoms with Gasteiger partial charge in [-0.1, -0.05) is 31.5 Å². The van der Waals surface area contributed by atoms with Crippen LogP contribution in [-0.4, -0.2) is 31.0 Å². The second-order valence-electron chi connectivity index (χ2n) is 5.53. The molecule has 1 aromatic carbocycles. The lowest BCUT2D eigenvalue weighted by molar-refractivity contribution is -0.133. The number of carbonyl (C=O) groups excluding carboxylic acids is 1. The Morgan fingerprint density at radius 1 is 1.32 bits per heavy atom. The summed E-state index contributed by atoms with van der Waals surface area (Å²) in [5, 5.41) is 9.44. The third kappa shape index (κ3) is 4.77. The Labute approximate surface area is 133 Å². The minimum atomic E-state index is -0.659. The van der Waals surface area contributed by atoms with E-state index in [0.717, 1.165) is 29.7 Å². The van der Waals surface area contributed by atoms with Crippen LogP contribution in [0, 0.1) is 24.2 Å². The molecule has 0 heterocycles. The van der Waals surface area contributed by atoms with Crippen molar-refractivity contribution in [2.45, 2.75) is 40.0 Å². The normalized spacial score (nSPS) is 11.6. The van der Waals surface area contributed by atoms with E-state index < -0.39 is 5.92 Å². The zero-order chi connectivity index (χ0) is 16.5. The summed E-state index contributed by atoms with van der Waals surface area (Å²) in [6, 6.07) is 8.01. The summed E-state index contributed by atoms with van der Waals surface area (Å²) in [5.74, 6) is -0.000239. The van der Waals surface area contributed by atoms with Gasteiger partial charge in [-0.2, -0.15) is 5.26 Å². The van der Waals surface area contributed by atoms with Gasteiger partial charge in [0.05, 0.1) is 13.2 Å². The molecule has 4 heteroatoms. The number of methoxy groups -OCH3 is 1. The van der Waals surface area contributed by atoms with Gasteiger partial charge in [-0.05, 0) is 31.4 Å². The van der Waals surface area contributed by atoms with Gasteiger partial charge in [0.25, 0.3) is 0 Å². The maximum absolute atomic E-state index is 12.6. The number of benzene rings is 1. The molecule has 1 amide bonds. The van der Waals surface area contributed by atoms with Crippen LogP contribution in [0.2, 0.25) is 0 Å². The zero-order valence-corrected chi connectivity index (χ0v) is 14.1. The van der Waals surface area contributed by atoms with E-state index in [0.29, 0.717) is 19.5 Å². The van der Waals surface area contributed by atoms with Crippen molar-refractivity contribution in [2.75, 3.05) is 20.2 Å². The average Bonchev–Trinajstić information content (AvgIpc) is 2.52. The summed E-state index contributed by atoms with van der Waals surface area (Å²) in [6.07, 6.45) is 2.19. The average molecular weight is 302 g/mol. The molecule has 1 atom stereocenters. The number of ether oxygens (including phenoxy) is 1. The SMILES string of the molecule is CCCN(CCC)C(=O)C(C#N)Cc1cc(C)ccc1OC. The van der Waals surface area contributed by atoms with Gasteiger partial charge in [0, 0.05) is 19.5 Å². The summed E-state index contributed by atoms with van der Waals surface area (Å²) in [7, 11) is 1.61. The van der Waals surface area contributed by atoms with Gasteiger partial charge in [0.1, 0.15) is 11.7 Å².